The molecule has 1 amide bonds. The van der Waals surface area contributed by atoms with Crippen LogP contribution < -0.4 is 4.74 Å². The van der Waals surface area contributed by atoms with E-state index in [0.29, 0.717) is 11.6 Å². The lowest BCUT2D eigenvalue weighted by Crippen LogP contribution is -2.37. The minimum atomic E-state index is -0.109. The third-order valence-electron chi connectivity index (χ3n) is 6.80. The van der Waals surface area contributed by atoms with Crippen LogP contribution in [0.15, 0.2) is 48.5 Å². The number of aromatic nitrogens is 2. The van der Waals surface area contributed by atoms with Crippen LogP contribution in [-0.4, -0.2) is 34.2 Å². The Morgan fingerprint density at radius 2 is 1.71 bits per heavy atom. The molecule has 160 valence electrons. The van der Waals surface area contributed by atoms with Crippen LogP contribution in [0.5, 0.6) is 5.75 Å². The predicted octanol–water partition coefficient (Wildman–Crippen LogP) is 5.70. The van der Waals surface area contributed by atoms with Crippen LogP contribution in [0, 0.1) is 0 Å². The van der Waals surface area contributed by atoms with Gasteiger partial charge in [0.25, 0.3) is 5.91 Å². The average molecular weight is 416 g/mol. The van der Waals surface area contributed by atoms with Crippen molar-refractivity contribution in [3.63, 3.8) is 0 Å². The average Bonchev–Trinajstić information content (AvgIpc) is 3.52. The number of carbonyl (C=O) groups is 1. The van der Waals surface area contributed by atoms with Crippen molar-refractivity contribution in [1.82, 2.24) is 15.1 Å². The smallest absolute Gasteiger partial charge is 0.273 e. The zero-order chi connectivity index (χ0) is 21.5. The highest BCUT2D eigenvalue weighted by Gasteiger charge is 2.45. The van der Waals surface area contributed by atoms with Gasteiger partial charge in [-0.3, -0.25) is 9.89 Å². The number of nitrogens with one attached hydrogen (secondary N) is 1. The second-order valence-electron chi connectivity index (χ2n) is 8.96. The number of hydrogen-bond acceptors (Lipinski definition) is 3. The first-order valence-electron chi connectivity index (χ1n) is 11.2. The number of carbonyl (C=O) groups excluding carboxylic acids is 1. The van der Waals surface area contributed by atoms with E-state index in [1.54, 1.807) is 7.11 Å². The maximum atomic E-state index is 13.5. The second kappa shape index (κ2) is 7.88. The lowest BCUT2D eigenvalue weighted by molar-refractivity contribution is 0.0660. The Morgan fingerprint density at radius 3 is 2.32 bits per heavy atom. The van der Waals surface area contributed by atoms with E-state index < -0.39 is 0 Å². The molecule has 1 aliphatic carbocycles. The zero-order valence-electron chi connectivity index (χ0n) is 18.4. The molecule has 5 rings (SSSR count). The molecule has 1 fully saturated rings. The molecule has 0 bridgehead atoms. The lowest BCUT2D eigenvalue weighted by Gasteiger charge is -2.32. The molecule has 1 N–H and O–H groups in total. The maximum absolute atomic E-state index is 13.5. The Kier molecular flexibility index (Phi) is 5.05. The van der Waals surface area contributed by atoms with Crippen molar-refractivity contribution < 1.29 is 9.53 Å². The number of hydrogen-bond donors (Lipinski definition) is 1. The van der Waals surface area contributed by atoms with Gasteiger partial charge in [-0.1, -0.05) is 51.0 Å². The molecule has 1 atom stereocenters. The van der Waals surface area contributed by atoms with Crippen LogP contribution in [0.3, 0.4) is 0 Å². The fourth-order valence-electron chi connectivity index (χ4n) is 5.08. The van der Waals surface area contributed by atoms with Gasteiger partial charge in [-0.15, -0.1) is 0 Å². The Morgan fingerprint density at radius 1 is 1.03 bits per heavy atom. The Hall–Kier alpha value is -3.08. The van der Waals surface area contributed by atoms with Crippen molar-refractivity contribution in [2.75, 3.05) is 7.11 Å². The molecule has 2 heterocycles. The second-order valence-corrected chi connectivity index (χ2v) is 8.96. The summed E-state index contributed by atoms with van der Waals surface area (Å²) in [6.45, 7) is 4.41. The van der Waals surface area contributed by atoms with Gasteiger partial charge in [-0.25, -0.2) is 0 Å². The molecule has 5 heteroatoms. The summed E-state index contributed by atoms with van der Waals surface area (Å²) in [6.07, 6.45) is 4.51. The first kappa shape index (κ1) is 19.9. The van der Waals surface area contributed by atoms with Crippen LogP contribution >= 0.6 is 0 Å². The lowest BCUT2D eigenvalue weighted by atomic mass is 9.93. The Labute approximate surface area is 183 Å². The molecule has 5 nitrogen and oxygen atoms in total. The topological polar surface area (TPSA) is 58.2 Å². The van der Waals surface area contributed by atoms with Crippen molar-refractivity contribution in [3.05, 3.63) is 70.9 Å². The predicted molar refractivity (Wildman–Crippen MR) is 121 cm³/mol. The third kappa shape index (κ3) is 3.32. The molecule has 2 aromatic carbocycles. The largest absolute Gasteiger partial charge is 0.497 e. The summed E-state index contributed by atoms with van der Waals surface area (Å²) >= 11 is 0. The van der Waals surface area contributed by atoms with Gasteiger partial charge in [0.1, 0.15) is 11.4 Å². The first-order chi connectivity index (χ1) is 15.1. The highest BCUT2D eigenvalue weighted by atomic mass is 16.5. The van der Waals surface area contributed by atoms with Crippen LogP contribution in [0.2, 0.25) is 0 Å². The molecule has 31 heavy (non-hydrogen) atoms. The summed E-state index contributed by atoms with van der Waals surface area (Å²) in [6, 6.07) is 16.8. The molecule has 0 spiro atoms. The summed E-state index contributed by atoms with van der Waals surface area (Å²) in [4.78, 5) is 15.6. The van der Waals surface area contributed by atoms with E-state index in [0.717, 1.165) is 41.0 Å². The van der Waals surface area contributed by atoms with Gasteiger partial charge in [0.05, 0.1) is 18.8 Å². The van der Waals surface area contributed by atoms with Crippen LogP contribution in [-0.2, 0) is 0 Å². The summed E-state index contributed by atoms with van der Waals surface area (Å²) in [5, 5.41) is 7.66. The number of nitrogens with zero attached hydrogens (tertiary/aromatic N) is 2. The first-order valence-corrected chi connectivity index (χ1v) is 11.2. The maximum Gasteiger partial charge on any atom is 0.273 e. The number of ether oxygens (including phenoxy) is 1. The fourth-order valence-corrected chi connectivity index (χ4v) is 5.08. The van der Waals surface area contributed by atoms with E-state index in [4.69, 9.17) is 4.74 Å². The highest BCUT2D eigenvalue weighted by Crippen LogP contribution is 2.46. The number of aromatic amines is 1. The summed E-state index contributed by atoms with van der Waals surface area (Å²) < 4.78 is 5.31. The van der Waals surface area contributed by atoms with E-state index in [9.17, 15) is 4.79 Å². The molecule has 1 unspecified atom stereocenters. The Balaban J connectivity index is 1.63. The van der Waals surface area contributed by atoms with E-state index in [2.05, 4.69) is 53.2 Å². The van der Waals surface area contributed by atoms with Crippen molar-refractivity contribution in [2.45, 2.75) is 57.5 Å². The van der Waals surface area contributed by atoms with Crippen molar-refractivity contribution in [1.29, 1.82) is 0 Å². The standard InChI is InChI=1S/C26H29N3O2/c1-16(2)17-8-10-19(11-9-17)25-22-23(18-12-14-21(31-3)15-13-18)27-28-24(22)26(30)29(25)20-6-4-5-7-20/h8-16,20,25H,4-7H2,1-3H3,(H,27,28). The summed E-state index contributed by atoms with van der Waals surface area (Å²) in [5.74, 6) is 1.36. The molecule has 1 saturated carbocycles. The summed E-state index contributed by atoms with van der Waals surface area (Å²) in [5.41, 5.74) is 5.94. The van der Waals surface area contributed by atoms with Gasteiger partial charge in [-0.05, 0) is 54.2 Å². The van der Waals surface area contributed by atoms with E-state index in [1.807, 2.05) is 24.3 Å². The van der Waals surface area contributed by atoms with Crippen LogP contribution in [0.4, 0.5) is 0 Å². The molecule has 1 aliphatic heterocycles. The third-order valence-corrected chi connectivity index (χ3v) is 6.80. The van der Waals surface area contributed by atoms with E-state index in [1.165, 1.54) is 18.4 Å². The summed E-state index contributed by atoms with van der Waals surface area (Å²) in [7, 11) is 1.66. The molecule has 3 aromatic rings. The van der Waals surface area contributed by atoms with Crippen molar-refractivity contribution in [3.8, 4) is 17.0 Å². The van der Waals surface area contributed by atoms with Crippen molar-refractivity contribution in [2.24, 2.45) is 0 Å². The molecule has 0 saturated heterocycles. The Bertz CT molecular complexity index is 1080. The highest BCUT2D eigenvalue weighted by molar-refractivity contribution is 6.00. The number of benzene rings is 2. The number of rotatable bonds is 5. The quantitative estimate of drug-likeness (QED) is 0.582. The van der Waals surface area contributed by atoms with Crippen LogP contribution in [0.1, 0.15) is 78.7 Å². The number of methoxy groups -OCH3 is 1. The van der Waals surface area contributed by atoms with Gasteiger partial charge in [0, 0.05) is 17.2 Å². The zero-order valence-corrected chi connectivity index (χ0v) is 18.4. The molecule has 2 aliphatic rings. The fraction of sp³-hybridized carbons (Fsp3) is 0.385. The minimum absolute atomic E-state index is 0.0760. The van der Waals surface area contributed by atoms with Crippen LogP contribution in [0.25, 0.3) is 11.3 Å². The number of amides is 1. The SMILES string of the molecule is COc1ccc(-c2n[nH]c3c2C(c2ccc(C(C)C)cc2)N(C2CCCC2)C3=O)cc1. The van der Waals surface area contributed by atoms with E-state index in [-0.39, 0.29) is 18.0 Å². The monoisotopic (exact) mass is 415 g/mol. The van der Waals surface area contributed by atoms with E-state index >= 15 is 0 Å². The molecular weight excluding hydrogens is 386 g/mol. The van der Waals surface area contributed by atoms with Gasteiger partial charge >= 0.3 is 0 Å². The van der Waals surface area contributed by atoms with Gasteiger partial charge in [0.2, 0.25) is 0 Å². The molecule has 1 aromatic heterocycles. The number of H-pyrrole nitrogens is 1. The van der Waals surface area contributed by atoms with Gasteiger partial charge in [0.15, 0.2) is 0 Å². The normalized spacial score (nSPS) is 18.8. The minimum Gasteiger partial charge on any atom is -0.497 e. The van der Waals surface area contributed by atoms with Gasteiger partial charge in [-0.2, -0.15) is 5.10 Å². The van der Waals surface area contributed by atoms with Crippen molar-refractivity contribution >= 4 is 5.91 Å². The molecular formula is C26H29N3O2. The van der Waals surface area contributed by atoms with Gasteiger partial charge < -0.3 is 9.64 Å². The molecule has 0 radical (unpaired) electrons. The number of fused-ring (bicyclic) bond motifs is 1.